The fourth-order valence-corrected chi connectivity index (χ4v) is 3.38. The first-order chi connectivity index (χ1) is 8.03. The summed E-state index contributed by atoms with van der Waals surface area (Å²) in [7, 11) is 0. The molecule has 0 aromatic carbocycles. The molecule has 1 aliphatic heterocycles. The van der Waals surface area contributed by atoms with Crippen LogP contribution in [0.15, 0.2) is 0 Å². The number of likely N-dealkylation sites (tertiary alicyclic amines) is 1. The Morgan fingerprint density at radius 1 is 1.28 bits per heavy atom. The van der Waals surface area contributed by atoms with E-state index in [1.165, 1.54) is 12.8 Å². The average molecular weight is 275 g/mol. The van der Waals surface area contributed by atoms with E-state index in [4.69, 9.17) is 5.73 Å². The van der Waals surface area contributed by atoms with E-state index >= 15 is 0 Å². The molecule has 1 saturated heterocycles. The zero-order valence-electron chi connectivity index (χ0n) is 11.7. The lowest BCUT2D eigenvalue weighted by molar-refractivity contribution is -0.142. The van der Waals surface area contributed by atoms with Crippen LogP contribution in [0.4, 0.5) is 0 Å². The molecule has 1 aliphatic carbocycles. The molecule has 0 radical (unpaired) electrons. The van der Waals surface area contributed by atoms with E-state index in [1.54, 1.807) is 0 Å². The number of nitrogens with two attached hydrogens (primary N) is 1. The van der Waals surface area contributed by atoms with Crippen molar-refractivity contribution in [1.29, 1.82) is 0 Å². The van der Waals surface area contributed by atoms with E-state index in [2.05, 4.69) is 18.7 Å². The van der Waals surface area contributed by atoms with Gasteiger partial charge < -0.3 is 10.6 Å². The average Bonchev–Trinajstić information content (AvgIpc) is 2.76. The topological polar surface area (TPSA) is 46.3 Å². The lowest BCUT2D eigenvalue weighted by Gasteiger charge is -2.38. The highest BCUT2D eigenvalue weighted by atomic mass is 35.5. The smallest absolute Gasteiger partial charge is 0.228 e. The van der Waals surface area contributed by atoms with Gasteiger partial charge >= 0.3 is 0 Å². The second-order valence-corrected chi connectivity index (χ2v) is 6.26. The number of halogens is 1. The highest BCUT2D eigenvalue weighted by Crippen LogP contribution is 2.39. The Kier molecular flexibility index (Phi) is 5.47. The molecular formula is C14H27ClN2O. The summed E-state index contributed by atoms with van der Waals surface area (Å²) in [6.45, 7) is 6.07. The number of rotatable bonds is 2. The third-order valence-corrected chi connectivity index (χ3v) is 4.79. The SMILES string of the molecule is CC(N)C1CCN(C(=O)C2(C)CCCC2)CC1.Cl. The summed E-state index contributed by atoms with van der Waals surface area (Å²) in [5, 5.41) is 0. The summed E-state index contributed by atoms with van der Waals surface area (Å²) in [5.74, 6) is 1.01. The molecular weight excluding hydrogens is 248 g/mol. The third kappa shape index (κ3) is 3.18. The van der Waals surface area contributed by atoms with Gasteiger partial charge in [0.2, 0.25) is 5.91 Å². The highest BCUT2D eigenvalue weighted by Gasteiger charge is 2.40. The molecule has 0 bridgehead atoms. The standard InChI is InChI=1S/C14H26N2O.ClH/c1-11(15)12-5-9-16(10-6-12)13(17)14(2)7-3-4-8-14;/h11-12H,3-10,15H2,1-2H3;1H. The van der Waals surface area contributed by atoms with Gasteiger partial charge in [-0.25, -0.2) is 0 Å². The fourth-order valence-electron chi connectivity index (χ4n) is 3.38. The van der Waals surface area contributed by atoms with E-state index in [0.717, 1.165) is 38.8 Å². The normalized spacial score (nSPS) is 25.6. The van der Waals surface area contributed by atoms with Crippen molar-refractivity contribution in [3.63, 3.8) is 0 Å². The van der Waals surface area contributed by atoms with Gasteiger partial charge in [0, 0.05) is 24.5 Å². The van der Waals surface area contributed by atoms with E-state index in [0.29, 0.717) is 11.8 Å². The number of carbonyl (C=O) groups is 1. The Morgan fingerprint density at radius 2 is 1.78 bits per heavy atom. The quantitative estimate of drug-likeness (QED) is 0.841. The van der Waals surface area contributed by atoms with Crippen LogP contribution in [0.3, 0.4) is 0 Å². The lowest BCUT2D eigenvalue weighted by Crippen LogP contribution is -2.47. The van der Waals surface area contributed by atoms with Crippen LogP contribution in [-0.4, -0.2) is 29.9 Å². The Morgan fingerprint density at radius 3 is 2.22 bits per heavy atom. The van der Waals surface area contributed by atoms with Crippen molar-refractivity contribution >= 4 is 18.3 Å². The molecule has 106 valence electrons. The molecule has 4 heteroatoms. The van der Waals surface area contributed by atoms with Crippen LogP contribution in [0.2, 0.25) is 0 Å². The van der Waals surface area contributed by atoms with Crippen LogP contribution in [0.25, 0.3) is 0 Å². The third-order valence-electron chi connectivity index (χ3n) is 4.79. The molecule has 0 spiro atoms. The van der Waals surface area contributed by atoms with Crippen LogP contribution in [0, 0.1) is 11.3 Å². The van der Waals surface area contributed by atoms with Gasteiger partial charge in [-0.3, -0.25) is 4.79 Å². The van der Waals surface area contributed by atoms with Gasteiger partial charge in [-0.1, -0.05) is 19.8 Å². The number of hydrogen-bond acceptors (Lipinski definition) is 2. The first-order valence-corrected chi connectivity index (χ1v) is 7.08. The van der Waals surface area contributed by atoms with E-state index in [9.17, 15) is 4.79 Å². The molecule has 1 atom stereocenters. The van der Waals surface area contributed by atoms with Gasteiger partial charge in [-0.05, 0) is 38.5 Å². The molecule has 1 saturated carbocycles. The zero-order valence-corrected chi connectivity index (χ0v) is 12.5. The maximum Gasteiger partial charge on any atom is 0.228 e. The van der Waals surface area contributed by atoms with Crippen molar-refractivity contribution in [3.05, 3.63) is 0 Å². The predicted octanol–water partition coefficient (Wildman–Crippen LogP) is 2.57. The molecule has 1 heterocycles. The van der Waals surface area contributed by atoms with E-state index in [-0.39, 0.29) is 23.9 Å². The first-order valence-electron chi connectivity index (χ1n) is 7.08. The summed E-state index contributed by atoms with van der Waals surface area (Å²) >= 11 is 0. The highest BCUT2D eigenvalue weighted by molar-refractivity contribution is 5.85. The number of nitrogens with zero attached hydrogens (tertiary/aromatic N) is 1. The molecule has 2 fully saturated rings. The monoisotopic (exact) mass is 274 g/mol. The van der Waals surface area contributed by atoms with Gasteiger partial charge in [-0.2, -0.15) is 0 Å². The molecule has 0 aromatic heterocycles. The summed E-state index contributed by atoms with van der Waals surface area (Å²) in [6, 6.07) is 0.273. The second-order valence-electron chi connectivity index (χ2n) is 6.26. The van der Waals surface area contributed by atoms with Gasteiger partial charge in [0.25, 0.3) is 0 Å². The molecule has 2 N–H and O–H groups in total. The molecule has 2 rings (SSSR count). The van der Waals surface area contributed by atoms with Gasteiger partial charge in [0.05, 0.1) is 0 Å². The van der Waals surface area contributed by atoms with Crippen LogP contribution in [-0.2, 0) is 4.79 Å². The minimum atomic E-state index is -0.0544. The fraction of sp³-hybridized carbons (Fsp3) is 0.929. The van der Waals surface area contributed by atoms with Crippen molar-refractivity contribution in [3.8, 4) is 0 Å². The Labute approximate surface area is 117 Å². The van der Waals surface area contributed by atoms with E-state index in [1.807, 2.05) is 0 Å². The Bertz CT molecular complexity index is 280. The minimum Gasteiger partial charge on any atom is -0.342 e. The summed E-state index contributed by atoms with van der Waals surface area (Å²) in [6.07, 6.45) is 6.77. The number of amides is 1. The van der Waals surface area contributed by atoms with E-state index < -0.39 is 0 Å². The van der Waals surface area contributed by atoms with Crippen molar-refractivity contribution in [2.45, 2.75) is 58.4 Å². The van der Waals surface area contributed by atoms with Gasteiger partial charge in [0.1, 0.15) is 0 Å². The number of carbonyl (C=O) groups excluding carboxylic acids is 1. The second kappa shape index (κ2) is 6.25. The number of hydrogen-bond donors (Lipinski definition) is 1. The van der Waals surface area contributed by atoms with Crippen molar-refractivity contribution < 1.29 is 4.79 Å². The summed E-state index contributed by atoms with van der Waals surface area (Å²) < 4.78 is 0. The van der Waals surface area contributed by atoms with Crippen molar-refractivity contribution in [2.75, 3.05) is 13.1 Å². The Balaban J connectivity index is 0.00000162. The largest absolute Gasteiger partial charge is 0.342 e. The lowest BCUT2D eigenvalue weighted by atomic mass is 9.85. The maximum absolute atomic E-state index is 12.5. The summed E-state index contributed by atoms with van der Waals surface area (Å²) in [4.78, 5) is 14.6. The van der Waals surface area contributed by atoms with Crippen molar-refractivity contribution in [2.24, 2.45) is 17.1 Å². The van der Waals surface area contributed by atoms with Crippen LogP contribution in [0.1, 0.15) is 52.4 Å². The van der Waals surface area contributed by atoms with Crippen LogP contribution in [0.5, 0.6) is 0 Å². The minimum absolute atomic E-state index is 0. The number of piperidine rings is 1. The molecule has 1 unspecified atom stereocenters. The van der Waals surface area contributed by atoms with Gasteiger partial charge in [0.15, 0.2) is 0 Å². The van der Waals surface area contributed by atoms with Crippen LogP contribution >= 0.6 is 12.4 Å². The predicted molar refractivity (Wildman–Crippen MR) is 76.8 cm³/mol. The maximum atomic E-state index is 12.5. The zero-order chi connectivity index (χ0) is 12.5. The molecule has 18 heavy (non-hydrogen) atoms. The molecule has 2 aliphatic rings. The van der Waals surface area contributed by atoms with Gasteiger partial charge in [-0.15, -0.1) is 12.4 Å². The van der Waals surface area contributed by atoms with Crippen molar-refractivity contribution in [1.82, 2.24) is 4.90 Å². The Hall–Kier alpha value is -0.280. The molecule has 1 amide bonds. The molecule has 0 aromatic rings. The first kappa shape index (κ1) is 15.8. The van der Waals surface area contributed by atoms with Crippen LogP contribution < -0.4 is 5.73 Å². The summed E-state index contributed by atoms with van der Waals surface area (Å²) in [5.41, 5.74) is 5.88. The molecule has 3 nitrogen and oxygen atoms in total.